The van der Waals surface area contributed by atoms with Crippen LogP contribution >= 0.6 is 11.3 Å². The summed E-state index contributed by atoms with van der Waals surface area (Å²) >= 11 is 1.49. The van der Waals surface area contributed by atoms with Crippen LogP contribution in [0.4, 0.5) is 5.13 Å². The van der Waals surface area contributed by atoms with Gasteiger partial charge in [-0.15, -0.1) is 11.3 Å². The van der Waals surface area contributed by atoms with Crippen LogP contribution in [0.3, 0.4) is 0 Å². The first-order valence-electron chi connectivity index (χ1n) is 6.12. The average molecular weight is 302 g/mol. The molecule has 0 aliphatic heterocycles. The molecule has 0 amide bonds. The van der Waals surface area contributed by atoms with Gasteiger partial charge in [0.2, 0.25) is 5.13 Å². The van der Waals surface area contributed by atoms with Gasteiger partial charge in [0, 0.05) is 5.38 Å². The van der Waals surface area contributed by atoms with E-state index in [1.165, 1.54) is 11.3 Å². The molecule has 0 radical (unpaired) electrons. The Morgan fingerprint density at radius 1 is 1.48 bits per heavy atom. The number of aryl methyl sites for hydroxylation is 1. The van der Waals surface area contributed by atoms with E-state index in [2.05, 4.69) is 15.5 Å². The van der Waals surface area contributed by atoms with E-state index >= 15 is 0 Å². The van der Waals surface area contributed by atoms with Gasteiger partial charge >= 0.3 is 0 Å². The Kier molecular flexibility index (Phi) is 5.12. The van der Waals surface area contributed by atoms with E-state index in [1.54, 1.807) is 25.5 Å². The molecule has 0 unspecified atom stereocenters. The number of benzene rings is 1. The van der Waals surface area contributed by atoms with E-state index in [0.29, 0.717) is 11.5 Å². The maximum atomic E-state index is 8.57. The smallest absolute Gasteiger partial charge is 0.203 e. The lowest BCUT2D eigenvalue weighted by Crippen LogP contribution is -1.98. The molecular formula is C14H14N4O2S. The average Bonchev–Trinajstić information content (AvgIpc) is 2.91. The molecule has 1 aromatic carbocycles. The first-order valence-corrected chi connectivity index (χ1v) is 7.00. The second-order valence-electron chi connectivity index (χ2n) is 4.02. The second kappa shape index (κ2) is 7.26. The molecule has 1 N–H and O–H groups in total. The summed E-state index contributed by atoms with van der Waals surface area (Å²) in [5.74, 6) is 1.08. The number of ether oxygens (including phenoxy) is 2. The topological polar surface area (TPSA) is 79.5 Å². The molecular weight excluding hydrogens is 288 g/mol. The van der Waals surface area contributed by atoms with Crippen LogP contribution in [0.25, 0.3) is 0 Å². The summed E-state index contributed by atoms with van der Waals surface area (Å²) in [5, 5.41) is 15.4. The summed E-state index contributed by atoms with van der Waals surface area (Å²) < 4.78 is 10.5. The summed E-state index contributed by atoms with van der Waals surface area (Å²) in [5.41, 5.74) is 4.63. The van der Waals surface area contributed by atoms with Crippen LogP contribution in [0.2, 0.25) is 0 Å². The molecule has 108 valence electrons. The summed E-state index contributed by atoms with van der Waals surface area (Å²) in [4.78, 5) is 4.24. The Balaban J connectivity index is 2.07. The van der Waals surface area contributed by atoms with Crippen LogP contribution in [0.5, 0.6) is 11.5 Å². The molecule has 2 rings (SSSR count). The second-order valence-corrected chi connectivity index (χ2v) is 4.88. The van der Waals surface area contributed by atoms with Crippen molar-refractivity contribution in [2.45, 2.75) is 6.92 Å². The van der Waals surface area contributed by atoms with Crippen molar-refractivity contribution in [2.24, 2.45) is 5.10 Å². The van der Waals surface area contributed by atoms with Crippen molar-refractivity contribution in [3.05, 3.63) is 34.8 Å². The summed E-state index contributed by atoms with van der Waals surface area (Å²) in [6, 6.07) is 7.29. The largest absolute Gasteiger partial charge is 0.493 e. The molecule has 0 atom stereocenters. The molecule has 0 fully saturated rings. The van der Waals surface area contributed by atoms with Gasteiger partial charge in [0.1, 0.15) is 6.07 Å². The van der Waals surface area contributed by atoms with Crippen molar-refractivity contribution >= 4 is 22.7 Å². The number of anilines is 1. The summed E-state index contributed by atoms with van der Waals surface area (Å²) in [6.45, 7) is 1.89. The highest BCUT2D eigenvalue weighted by Crippen LogP contribution is 2.27. The number of nitrogens with one attached hydrogen (secondary N) is 1. The van der Waals surface area contributed by atoms with Crippen molar-refractivity contribution in [1.29, 1.82) is 5.26 Å². The van der Waals surface area contributed by atoms with Gasteiger partial charge in [-0.2, -0.15) is 10.4 Å². The van der Waals surface area contributed by atoms with Gasteiger partial charge in [0.15, 0.2) is 18.1 Å². The van der Waals surface area contributed by atoms with Crippen LogP contribution in [0.15, 0.2) is 28.7 Å². The number of nitriles is 1. The van der Waals surface area contributed by atoms with Gasteiger partial charge in [0.25, 0.3) is 0 Å². The van der Waals surface area contributed by atoms with Crippen molar-refractivity contribution in [3.8, 4) is 17.6 Å². The van der Waals surface area contributed by atoms with E-state index in [-0.39, 0.29) is 6.61 Å². The standard InChI is InChI=1S/C14H14N4O2S/c1-10-9-21-14(17-10)18-16-8-11-3-4-12(19-2)13(7-11)20-6-5-15/h3-4,7-9H,6H2,1-2H3,(H,17,18). The molecule has 0 spiro atoms. The van der Waals surface area contributed by atoms with Gasteiger partial charge in [-0.25, -0.2) is 4.98 Å². The molecule has 6 nitrogen and oxygen atoms in total. The summed E-state index contributed by atoms with van der Waals surface area (Å²) in [6.07, 6.45) is 1.65. The van der Waals surface area contributed by atoms with Gasteiger partial charge in [-0.05, 0) is 30.7 Å². The monoisotopic (exact) mass is 302 g/mol. The van der Waals surface area contributed by atoms with E-state index < -0.39 is 0 Å². The predicted octanol–water partition coefficient (Wildman–Crippen LogP) is 2.81. The third kappa shape index (κ3) is 4.19. The molecule has 1 aromatic heterocycles. The molecule has 0 aliphatic carbocycles. The van der Waals surface area contributed by atoms with Crippen molar-refractivity contribution < 1.29 is 9.47 Å². The van der Waals surface area contributed by atoms with Crippen LogP contribution in [-0.2, 0) is 0 Å². The molecule has 1 heterocycles. The normalized spacial score (nSPS) is 10.3. The fraction of sp³-hybridized carbons (Fsp3) is 0.214. The van der Waals surface area contributed by atoms with E-state index in [9.17, 15) is 0 Å². The Bertz CT molecular complexity index is 676. The quantitative estimate of drug-likeness (QED) is 0.655. The van der Waals surface area contributed by atoms with Gasteiger partial charge in [-0.1, -0.05) is 0 Å². The van der Waals surface area contributed by atoms with Crippen molar-refractivity contribution in [2.75, 3.05) is 19.1 Å². The minimum absolute atomic E-state index is 0.0341. The highest BCUT2D eigenvalue weighted by molar-refractivity contribution is 7.13. The highest BCUT2D eigenvalue weighted by atomic mass is 32.1. The molecule has 7 heteroatoms. The fourth-order valence-electron chi connectivity index (χ4n) is 1.56. The molecule has 0 aliphatic rings. The SMILES string of the molecule is COc1ccc(C=NNc2nc(C)cs2)cc1OCC#N. The maximum absolute atomic E-state index is 8.57. The number of aromatic nitrogens is 1. The lowest BCUT2D eigenvalue weighted by atomic mass is 10.2. The van der Waals surface area contributed by atoms with E-state index in [1.807, 2.05) is 24.4 Å². The minimum Gasteiger partial charge on any atom is -0.493 e. The Morgan fingerprint density at radius 2 is 2.33 bits per heavy atom. The zero-order valence-electron chi connectivity index (χ0n) is 11.7. The van der Waals surface area contributed by atoms with E-state index in [4.69, 9.17) is 14.7 Å². The van der Waals surface area contributed by atoms with Gasteiger partial charge < -0.3 is 9.47 Å². The number of hydrogen-bond donors (Lipinski definition) is 1. The zero-order valence-corrected chi connectivity index (χ0v) is 12.5. The Morgan fingerprint density at radius 3 is 3.00 bits per heavy atom. The first kappa shape index (κ1) is 14.8. The maximum Gasteiger partial charge on any atom is 0.203 e. The van der Waals surface area contributed by atoms with Crippen molar-refractivity contribution in [3.63, 3.8) is 0 Å². The Hall–Kier alpha value is -2.59. The zero-order chi connectivity index (χ0) is 15.1. The number of rotatable bonds is 6. The van der Waals surface area contributed by atoms with Crippen molar-refractivity contribution in [1.82, 2.24) is 4.98 Å². The molecule has 2 aromatic rings. The van der Waals surface area contributed by atoms with Crippen LogP contribution < -0.4 is 14.9 Å². The van der Waals surface area contributed by atoms with Gasteiger partial charge in [-0.3, -0.25) is 5.43 Å². The number of hydrogen-bond acceptors (Lipinski definition) is 7. The number of thiazole rings is 1. The van der Waals surface area contributed by atoms with Crippen LogP contribution in [0.1, 0.15) is 11.3 Å². The Labute approximate surface area is 126 Å². The first-order chi connectivity index (χ1) is 10.2. The third-order valence-corrected chi connectivity index (χ3v) is 3.34. The molecule has 0 saturated carbocycles. The van der Waals surface area contributed by atoms with Crippen LogP contribution in [0, 0.1) is 18.3 Å². The van der Waals surface area contributed by atoms with E-state index in [0.717, 1.165) is 16.4 Å². The predicted molar refractivity (Wildman–Crippen MR) is 82.2 cm³/mol. The van der Waals surface area contributed by atoms with Crippen LogP contribution in [-0.4, -0.2) is 24.9 Å². The molecule has 0 saturated heterocycles. The lowest BCUT2D eigenvalue weighted by Gasteiger charge is -2.08. The minimum atomic E-state index is -0.0341. The molecule has 21 heavy (non-hydrogen) atoms. The third-order valence-electron chi connectivity index (χ3n) is 2.47. The molecule has 0 bridgehead atoms. The number of nitrogens with zero attached hydrogens (tertiary/aromatic N) is 3. The van der Waals surface area contributed by atoms with Gasteiger partial charge in [0.05, 0.1) is 19.0 Å². The number of methoxy groups -OCH3 is 1. The fourth-order valence-corrected chi connectivity index (χ4v) is 2.20. The number of hydrazone groups is 1. The lowest BCUT2D eigenvalue weighted by molar-refractivity contribution is 0.329. The summed E-state index contributed by atoms with van der Waals surface area (Å²) in [7, 11) is 1.55. The highest BCUT2D eigenvalue weighted by Gasteiger charge is 2.04.